The van der Waals surface area contributed by atoms with E-state index in [4.69, 9.17) is 11.6 Å². The molecular weight excluding hydrogens is 263 g/mol. The Bertz CT molecular complexity index is 579. The highest BCUT2D eigenvalue weighted by molar-refractivity contribution is 6.33. The Hall–Kier alpha value is -1.55. The Labute approximate surface area is 107 Å². The lowest BCUT2D eigenvalue weighted by Gasteiger charge is -2.09. The molecule has 0 radical (unpaired) electrons. The molecular formula is C13H9ClF3N. The largest absolute Gasteiger partial charge is 0.417 e. The molecule has 0 aliphatic heterocycles. The SMILES string of the molecule is Cc1cccc(-c2ncc(C(F)(F)F)cc2Cl)c1. The van der Waals surface area contributed by atoms with Gasteiger partial charge >= 0.3 is 6.18 Å². The predicted octanol–water partition coefficient (Wildman–Crippen LogP) is 4.73. The highest BCUT2D eigenvalue weighted by Crippen LogP contribution is 2.34. The fourth-order valence-corrected chi connectivity index (χ4v) is 1.87. The van der Waals surface area contributed by atoms with Crippen LogP contribution in [0.3, 0.4) is 0 Å². The van der Waals surface area contributed by atoms with Crippen molar-refractivity contribution < 1.29 is 13.2 Å². The van der Waals surface area contributed by atoms with Gasteiger partial charge in [-0.05, 0) is 19.1 Å². The lowest BCUT2D eigenvalue weighted by Crippen LogP contribution is -2.05. The summed E-state index contributed by atoms with van der Waals surface area (Å²) in [6, 6.07) is 8.17. The molecule has 0 aliphatic rings. The van der Waals surface area contributed by atoms with E-state index < -0.39 is 11.7 Å². The molecule has 2 aromatic rings. The molecule has 1 aromatic carbocycles. The second-order valence-corrected chi connectivity index (χ2v) is 4.33. The van der Waals surface area contributed by atoms with Crippen LogP contribution in [0.15, 0.2) is 36.5 Å². The van der Waals surface area contributed by atoms with Gasteiger partial charge in [0, 0.05) is 11.8 Å². The quantitative estimate of drug-likeness (QED) is 0.731. The monoisotopic (exact) mass is 271 g/mol. The molecule has 0 fully saturated rings. The highest BCUT2D eigenvalue weighted by Gasteiger charge is 2.31. The topological polar surface area (TPSA) is 12.9 Å². The first-order valence-corrected chi connectivity index (χ1v) is 5.55. The number of hydrogen-bond donors (Lipinski definition) is 0. The van der Waals surface area contributed by atoms with E-state index >= 15 is 0 Å². The zero-order chi connectivity index (χ0) is 13.3. The van der Waals surface area contributed by atoms with Gasteiger partial charge < -0.3 is 0 Å². The first-order chi connectivity index (χ1) is 8.38. The van der Waals surface area contributed by atoms with E-state index in [0.29, 0.717) is 11.3 Å². The summed E-state index contributed by atoms with van der Waals surface area (Å²) in [5.74, 6) is 0. The van der Waals surface area contributed by atoms with E-state index in [0.717, 1.165) is 17.8 Å². The van der Waals surface area contributed by atoms with E-state index in [1.54, 1.807) is 12.1 Å². The van der Waals surface area contributed by atoms with Crippen LogP contribution in [0.1, 0.15) is 11.1 Å². The number of nitrogens with zero attached hydrogens (tertiary/aromatic N) is 1. The maximum Gasteiger partial charge on any atom is 0.417 e. The maximum absolute atomic E-state index is 12.5. The van der Waals surface area contributed by atoms with Crippen molar-refractivity contribution >= 4 is 11.6 Å². The smallest absolute Gasteiger partial charge is 0.254 e. The van der Waals surface area contributed by atoms with Gasteiger partial charge in [0.05, 0.1) is 16.3 Å². The minimum Gasteiger partial charge on any atom is -0.254 e. The van der Waals surface area contributed by atoms with E-state index in [1.807, 2.05) is 19.1 Å². The van der Waals surface area contributed by atoms with E-state index in [9.17, 15) is 13.2 Å². The van der Waals surface area contributed by atoms with Gasteiger partial charge in [-0.2, -0.15) is 13.2 Å². The maximum atomic E-state index is 12.5. The standard InChI is InChI=1S/C13H9ClF3N/c1-8-3-2-4-9(5-8)12-11(14)6-10(7-18-12)13(15,16)17/h2-7H,1H3. The van der Waals surface area contributed by atoms with Crippen molar-refractivity contribution in [1.82, 2.24) is 4.98 Å². The molecule has 1 aromatic heterocycles. The Morgan fingerprint density at radius 2 is 1.89 bits per heavy atom. The first kappa shape index (κ1) is 12.9. The van der Waals surface area contributed by atoms with Crippen molar-refractivity contribution in [1.29, 1.82) is 0 Å². The van der Waals surface area contributed by atoms with Crippen LogP contribution in [0.5, 0.6) is 0 Å². The van der Waals surface area contributed by atoms with Crippen LogP contribution in [-0.2, 0) is 6.18 Å². The molecule has 0 unspecified atom stereocenters. The Kier molecular flexibility index (Phi) is 3.30. The third-order valence-electron chi connectivity index (χ3n) is 2.46. The van der Waals surface area contributed by atoms with E-state index in [-0.39, 0.29) is 5.02 Å². The Morgan fingerprint density at radius 3 is 2.44 bits per heavy atom. The fourth-order valence-electron chi connectivity index (χ4n) is 1.60. The average Bonchev–Trinajstić information content (AvgIpc) is 2.27. The second-order valence-electron chi connectivity index (χ2n) is 3.92. The number of pyridine rings is 1. The van der Waals surface area contributed by atoms with Crippen LogP contribution in [-0.4, -0.2) is 4.98 Å². The van der Waals surface area contributed by atoms with Gasteiger partial charge in [0.15, 0.2) is 0 Å². The van der Waals surface area contributed by atoms with Crippen molar-refractivity contribution in [3.63, 3.8) is 0 Å². The van der Waals surface area contributed by atoms with Crippen LogP contribution < -0.4 is 0 Å². The molecule has 2 rings (SSSR count). The molecule has 1 nitrogen and oxygen atoms in total. The van der Waals surface area contributed by atoms with Crippen molar-refractivity contribution in [2.24, 2.45) is 0 Å². The summed E-state index contributed by atoms with van der Waals surface area (Å²) in [5.41, 5.74) is 1.20. The second kappa shape index (κ2) is 4.61. The highest BCUT2D eigenvalue weighted by atomic mass is 35.5. The number of benzene rings is 1. The Morgan fingerprint density at radius 1 is 1.17 bits per heavy atom. The minimum absolute atomic E-state index is 0.00424. The molecule has 0 atom stereocenters. The lowest BCUT2D eigenvalue weighted by molar-refractivity contribution is -0.137. The number of alkyl halides is 3. The summed E-state index contributed by atoms with van der Waals surface area (Å²) in [6.45, 7) is 1.89. The molecule has 0 N–H and O–H groups in total. The van der Waals surface area contributed by atoms with Crippen LogP contribution in [0, 0.1) is 6.92 Å². The third kappa shape index (κ3) is 2.64. The molecule has 94 valence electrons. The van der Waals surface area contributed by atoms with Crippen molar-refractivity contribution in [2.45, 2.75) is 13.1 Å². The van der Waals surface area contributed by atoms with Crippen LogP contribution in [0.4, 0.5) is 13.2 Å². The number of halogens is 4. The molecule has 0 saturated carbocycles. The molecule has 0 spiro atoms. The molecule has 0 bridgehead atoms. The van der Waals surface area contributed by atoms with E-state index in [2.05, 4.69) is 4.98 Å². The molecule has 1 heterocycles. The molecule has 0 amide bonds. The van der Waals surface area contributed by atoms with Gasteiger partial charge in [0.1, 0.15) is 0 Å². The summed E-state index contributed by atoms with van der Waals surface area (Å²) in [4.78, 5) is 3.80. The fraction of sp³-hybridized carbons (Fsp3) is 0.154. The van der Waals surface area contributed by atoms with Crippen LogP contribution in [0.2, 0.25) is 5.02 Å². The average molecular weight is 272 g/mol. The van der Waals surface area contributed by atoms with Crippen LogP contribution in [0.25, 0.3) is 11.3 Å². The van der Waals surface area contributed by atoms with Crippen LogP contribution >= 0.6 is 11.6 Å². The summed E-state index contributed by atoms with van der Waals surface area (Å²) < 4.78 is 37.4. The zero-order valence-electron chi connectivity index (χ0n) is 9.42. The number of aromatic nitrogens is 1. The molecule has 18 heavy (non-hydrogen) atoms. The van der Waals surface area contributed by atoms with Gasteiger partial charge in [-0.3, -0.25) is 4.98 Å². The number of rotatable bonds is 1. The minimum atomic E-state index is -4.43. The predicted molar refractivity (Wildman–Crippen MR) is 64.4 cm³/mol. The summed E-state index contributed by atoms with van der Waals surface area (Å²) in [5, 5.41) is -0.00424. The number of aryl methyl sites for hydroxylation is 1. The normalized spacial score (nSPS) is 11.6. The van der Waals surface area contributed by atoms with Crippen molar-refractivity contribution in [3.05, 3.63) is 52.7 Å². The molecule has 0 saturated heterocycles. The summed E-state index contributed by atoms with van der Waals surface area (Å²) in [6.07, 6.45) is -3.63. The van der Waals surface area contributed by atoms with Gasteiger partial charge in [-0.15, -0.1) is 0 Å². The Balaban J connectivity index is 2.48. The van der Waals surface area contributed by atoms with Gasteiger partial charge in [-0.1, -0.05) is 35.4 Å². The van der Waals surface area contributed by atoms with E-state index in [1.165, 1.54) is 0 Å². The first-order valence-electron chi connectivity index (χ1n) is 5.18. The summed E-state index contributed by atoms with van der Waals surface area (Å²) >= 11 is 5.86. The zero-order valence-corrected chi connectivity index (χ0v) is 10.2. The van der Waals surface area contributed by atoms with Gasteiger partial charge in [0.2, 0.25) is 0 Å². The summed E-state index contributed by atoms with van der Waals surface area (Å²) in [7, 11) is 0. The number of hydrogen-bond acceptors (Lipinski definition) is 1. The third-order valence-corrected chi connectivity index (χ3v) is 2.75. The molecule has 5 heteroatoms. The van der Waals surface area contributed by atoms with Crippen molar-refractivity contribution in [3.8, 4) is 11.3 Å². The molecule has 0 aliphatic carbocycles. The lowest BCUT2D eigenvalue weighted by atomic mass is 10.1. The van der Waals surface area contributed by atoms with Gasteiger partial charge in [-0.25, -0.2) is 0 Å². The van der Waals surface area contributed by atoms with Crippen molar-refractivity contribution in [2.75, 3.05) is 0 Å². The van der Waals surface area contributed by atoms with Gasteiger partial charge in [0.25, 0.3) is 0 Å².